The monoisotopic (exact) mass is 475 g/mol. The molecule has 0 aliphatic carbocycles. The summed E-state index contributed by atoms with van der Waals surface area (Å²) in [6, 6.07) is 2.15. The minimum absolute atomic E-state index is 0. The van der Waals surface area contributed by atoms with Crippen molar-refractivity contribution in [2.24, 2.45) is 5.73 Å². The molecule has 3 N–H and O–H groups in total. The molecular weight excluding hydrogens is 448 g/mol. The Kier molecular flexibility index (Phi) is 8.92. The van der Waals surface area contributed by atoms with E-state index in [-0.39, 0.29) is 69.9 Å². The van der Waals surface area contributed by atoms with Crippen LogP contribution in [-0.4, -0.2) is 81.3 Å². The third-order valence-electron chi connectivity index (χ3n) is 4.80. The number of nitrogens with one attached hydrogen (secondary N) is 1. The number of hydrogen-bond acceptors (Lipinski definition) is 8. The molecule has 0 radical (unpaired) electrons. The number of carbonyl (C=O) groups excluding carboxylic acids is 2. The van der Waals surface area contributed by atoms with Gasteiger partial charge in [0.1, 0.15) is 11.8 Å². The highest BCUT2D eigenvalue weighted by atomic mass is 32.1. The number of hydrogen-bond donors (Lipinski definition) is 2. The van der Waals surface area contributed by atoms with E-state index in [0.29, 0.717) is 0 Å². The number of benzene rings is 1. The van der Waals surface area contributed by atoms with Gasteiger partial charge in [-0.25, -0.2) is 18.6 Å². The quantitative estimate of drug-likeness (QED) is 0.603. The highest BCUT2D eigenvalue weighted by Gasteiger charge is 2.34. The van der Waals surface area contributed by atoms with Crippen LogP contribution in [-0.2, 0) is 19.1 Å². The second-order valence-electron chi connectivity index (χ2n) is 6.77. The molecule has 0 aromatic heterocycles. The summed E-state index contributed by atoms with van der Waals surface area (Å²) in [4.78, 5) is 31.7. The van der Waals surface area contributed by atoms with Crippen molar-refractivity contribution in [3.8, 4) is 0 Å². The first kappa shape index (κ1) is 25.5. The van der Waals surface area contributed by atoms with E-state index in [2.05, 4.69) is 5.32 Å². The SMILES string of the molecule is C.COC(=S)NC[C@H]1CN(c2cc(F)c(N3CCON(C(=O)CN)CC3)c(F)c2)C(=O)O1. The molecule has 2 fully saturated rings. The molecule has 178 valence electrons. The number of thiocarbonyl (C=S) groups is 1. The zero-order valence-electron chi connectivity index (χ0n) is 16.8. The van der Waals surface area contributed by atoms with E-state index >= 15 is 0 Å². The number of methoxy groups -OCH3 is 1. The fourth-order valence-corrected chi connectivity index (χ4v) is 3.37. The van der Waals surface area contributed by atoms with Gasteiger partial charge in [0, 0.05) is 25.2 Å². The number of nitrogens with two attached hydrogens (primary N) is 1. The maximum atomic E-state index is 14.9. The summed E-state index contributed by atoms with van der Waals surface area (Å²) in [5.41, 5.74) is 5.10. The summed E-state index contributed by atoms with van der Waals surface area (Å²) >= 11 is 4.86. The number of cyclic esters (lactones) is 1. The number of halogens is 2. The summed E-state index contributed by atoms with van der Waals surface area (Å²) in [6.45, 7) is 0.541. The van der Waals surface area contributed by atoms with Crippen molar-refractivity contribution in [3.05, 3.63) is 23.8 Å². The highest BCUT2D eigenvalue weighted by molar-refractivity contribution is 7.80. The minimum atomic E-state index is -0.844. The molecule has 3 rings (SSSR count). The topological polar surface area (TPSA) is 110 Å². The van der Waals surface area contributed by atoms with Gasteiger partial charge in [-0.2, -0.15) is 0 Å². The molecule has 2 aliphatic rings. The Labute approximate surface area is 190 Å². The third kappa shape index (κ3) is 5.72. The molecule has 1 aromatic carbocycles. The molecule has 2 saturated heterocycles. The molecule has 13 heteroatoms. The van der Waals surface area contributed by atoms with Crippen molar-refractivity contribution in [3.63, 3.8) is 0 Å². The van der Waals surface area contributed by atoms with Crippen molar-refractivity contribution in [2.45, 2.75) is 13.5 Å². The molecule has 1 atom stereocenters. The van der Waals surface area contributed by atoms with E-state index in [1.807, 2.05) is 0 Å². The molecule has 0 unspecified atom stereocenters. The maximum absolute atomic E-state index is 14.9. The number of carbonyl (C=O) groups is 2. The van der Waals surface area contributed by atoms with E-state index in [1.165, 1.54) is 12.0 Å². The Morgan fingerprint density at radius 2 is 2.00 bits per heavy atom. The van der Waals surface area contributed by atoms with Crippen molar-refractivity contribution < 1.29 is 32.7 Å². The second kappa shape index (κ2) is 11.2. The van der Waals surface area contributed by atoms with Gasteiger partial charge < -0.3 is 25.4 Å². The number of ether oxygens (including phenoxy) is 2. The van der Waals surface area contributed by atoms with Crippen LogP contribution in [0, 0.1) is 11.6 Å². The zero-order chi connectivity index (χ0) is 22.5. The Morgan fingerprint density at radius 3 is 2.62 bits per heavy atom. The largest absolute Gasteiger partial charge is 0.474 e. The number of amides is 2. The van der Waals surface area contributed by atoms with Crippen LogP contribution >= 0.6 is 12.2 Å². The molecule has 2 aliphatic heterocycles. The van der Waals surface area contributed by atoms with Gasteiger partial charge in [-0.15, -0.1) is 0 Å². The number of nitrogens with zero attached hydrogens (tertiary/aromatic N) is 3. The van der Waals surface area contributed by atoms with E-state index < -0.39 is 29.7 Å². The van der Waals surface area contributed by atoms with Crippen LogP contribution in [0.4, 0.5) is 25.0 Å². The van der Waals surface area contributed by atoms with Gasteiger partial charge in [0.05, 0.1) is 45.6 Å². The summed E-state index contributed by atoms with van der Waals surface area (Å²) in [5, 5.41) is 4.00. The van der Waals surface area contributed by atoms with Crippen molar-refractivity contribution in [1.82, 2.24) is 10.4 Å². The predicted molar refractivity (Wildman–Crippen MR) is 117 cm³/mol. The average Bonchev–Trinajstić information content (AvgIpc) is 2.95. The second-order valence-corrected chi connectivity index (χ2v) is 7.14. The first-order valence-electron chi connectivity index (χ1n) is 9.51. The lowest BCUT2D eigenvalue weighted by Gasteiger charge is -2.24. The van der Waals surface area contributed by atoms with Crippen molar-refractivity contribution in [2.75, 3.05) is 62.8 Å². The van der Waals surface area contributed by atoms with Gasteiger partial charge >= 0.3 is 6.09 Å². The fourth-order valence-electron chi connectivity index (χ4n) is 3.29. The van der Waals surface area contributed by atoms with E-state index in [1.54, 1.807) is 0 Å². The predicted octanol–water partition coefficient (Wildman–Crippen LogP) is 0.986. The van der Waals surface area contributed by atoms with Crippen LogP contribution in [0.25, 0.3) is 0 Å². The Morgan fingerprint density at radius 1 is 1.31 bits per heavy atom. The third-order valence-corrected chi connectivity index (χ3v) is 5.11. The summed E-state index contributed by atoms with van der Waals surface area (Å²) in [6.07, 6.45) is -1.29. The van der Waals surface area contributed by atoms with Crippen LogP contribution in [0.1, 0.15) is 7.43 Å². The summed E-state index contributed by atoms with van der Waals surface area (Å²) in [5.74, 6) is -2.10. The van der Waals surface area contributed by atoms with Gasteiger partial charge in [0.15, 0.2) is 11.6 Å². The van der Waals surface area contributed by atoms with Gasteiger partial charge in [0.2, 0.25) is 0 Å². The Bertz CT molecular complexity index is 838. The van der Waals surface area contributed by atoms with Crippen LogP contribution in [0.5, 0.6) is 0 Å². The highest BCUT2D eigenvalue weighted by Crippen LogP contribution is 2.31. The van der Waals surface area contributed by atoms with Gasteiger partial charge in [-0.3, -0.25) is 14.5 Å². The lowest BCUT2D eigenvalue weighted by atomic mass is 10.2. The first-order chi connectivity index (χ1) is 14.8. The smallest absolute Gasteiger partial charge is 0.414 e. The van der Waals surface area contributed by atoms with E-state index in [4.69, 9.17) is 32.3 Å². The van der Waals surface area contributed by atoms with Gasteiger partial charge in [-0.1, -0.05) is 7.43 Å². The number of hydroxylamine groups is 2. The normalized spacial score (nSPS) is 18.6. The molecule has 0 spiro atoms. The average molecular weight is 476 g/mol. The number of rotatable bonds is 5. The standard InChI is InChI=1S/C18H23F2N5O5S.CH4/c1-28-17(31)22-9-12-10-24(18(27)30-12)11-6-13(19)16(14(20)7-11)23-2-3-25(15(26)8-21)29-5-4-23;/h6-7,12H,2-5,8-10,21H2,1H3,(H,22,31);1H4/t12-;/m0./s1. The van der Waals surface area contributed by atoms with Crippen LogP contribution in [0.15, 0.2) is 12.1 Å². The number of anilines is 2. The maximum Gasteiger partial charge on any atom is 0.414 e. The molecule has 0 bridgehead atoms. The molecule has 32 heavy (non-hydrogen) atoms. The first-order valence-corrected chi connectivity index (χ1v) is 9.92. The molecule has 2 heterocycles. The van der Waals surface area contributed by atoms with Gasteiger partial charge in [-0.05, 0) is 12.2 Å². The van der Waals surface area contributed by atoms with Crippen molar-refractivity contribution in [1.29, 1.82) is 0 Å². The van der Waals surface area contributed by atoms with Crippen LogP contribution in [0.3, 0.4) is 0 Å². The fraction of sp³-hybridized carbons (Fsp3) is 0.526. The Balaban J connectivity index is 0.00000363. The van der Waals surface area contributed by atoms with Crippen LogP contribution < -0.4 is 20.9 Å². The summed E-state index contributed by atoms with van der Waals surface area (Å²) < 4.78 is 39.8. The van der Waals surface area contributed by atoms with E-state index in [9.17, 15) is 18.4 Å². The molecule has 1 aromatic rings. The lowest BCUT2D eigenvalue weighted by Crippen LogP contribution is -2.38. The molecule has 10 nitrogen and oxygen atoms in total. The lowest BCUT2D eigenvalue weighted by molar-refractivity contribution is -0.180. The summed E-state index contributed by atoms with van der Waals surface area (Å²) in [7, 11) is 1.40. The van der Waals surface area contributed by atoms with Gasteiger partial charge in [0.25, 0.3) is 11.1 Å². The molecule has 2 amide bonds. The molecule has 0 saturated carbocycles. The van der Waals surface area contributed by atoms with Crippen molar-refractivity contribution >= 4 is 40.8 Å². The van der Waals surface area contributed by atoms with Crippen LogP contribution in [0.2, 0.25) is 0 Å². The zero-order valence-corrected chi connectivity index (χ0v) is 17.6. The molecular formula is C19H27F2N5O5S. The Hall–Kier alpha value is -2.77. The minimum Gasteiger partial charge on any atom is -0.474 e. The van der Waals surface area contributed by atoms with E-state index in [0.717, 1.165) is 22.1 Å².